The number of nitrogens with zero attached hydrogens (tertiary/aromatic N) is 3. The van der Waals surface area contributed by atoms with Gasteiger partial charge in [0.15, 0.2) is 0 Å². The van der Waals surface area contributed by atoms with E-state index in [9.17, 15) is 19.8 Å². The van der Waals surface area contributed by atoms with Crippen LogP contribution in [-0.2, 0) is 9.59 Å². The first-order valence-corrected chi connectivity index (χ1v) is 9.96. The molecule has 10 heteroatoms. The number of likely N-dealkylation sites (tertiary alicyclic amines) is 1. The Morgan fingerprint density at radius 3 is 2.20 bits per heavy atom. The maximum atomic E-state index is 11.4. The Labute approximate surface area is 182 Å². The second-order valence-corrected chi connectivity index (χ2v) is 7.76. The molecule has 0 amide bonds. The SMILES string of the molecule is Cl.N=C(N)c1ccc(N2CCN(C3C(CC(=O)O)CCCN3CC(=O)O)CC2)cc1. The Balaban J connectivity index is 0.00000320. The van der Waals surface area contributed by atoms with Crippen molar-refractivity contribution >= 4 is 35.9 Å². The highest BCUT2D eigenvalue weighted by molar-refractivity contribution is 5.95. The van der Waals surface area contributed by atoms with Gasteiger partial charge in [-0.3, -0.25) is 24.8 Å². The molecule has 3 rings (SSSR count). The third kappa shape index (κ3) is 5.84. The van der Waals surface area contributed by atoms with E-state index in [1.165, 1.54) is 0 Å². The number of benzene rings is 1. The van der Waals surface area contributed by atoms with E-state index >= 15 is 0 Å². The predicted octanol–water partition coefficient (Wildman–Crippen LogP) is 1.11. The molecule has 1 aromatic carbocycles. The number of carboxylic acid groups (broad SMARTS) is 2. The van der Waals surface area contributed by atoms with Gasteiger partial charge in [0.2, 0.25) is 0 Å². The monoisotopic (exact) mass is 439 g/mol. The molecular weight excluding hydrogens is 410 g/mol. The van der Waals surface area contributed by atoms with Crippen LogP contribution in [0.1, 0.15) is 24.8 Å². The number of anilines is 1. The van der Waals surface area contributed by atoms with Gasteiger partial charge in [0.1, 0.15) is 5.84 Å². The van der Waals surface area contributed by atoms with E-state index in [1.54, 1.807) is 0 Å². The normalized spacial score (nSPS) is 22.9. The maximum absolute atomic E-state index is 11.4. The molecule has 0 spiro atoms. The number of piperidine rings is 1. The van der Waals surface area contributed by atoms with Crippen molar-refractivity contribution in [3.05, 3.63) is 29.8 Å². The minimum absolute atomic E-state index is 0. The summed E-state index contributed by atoms with van der Waals surface area (Å²) in [6.45, 7) is 3.65. The minimum atomic E-state index is -0.879. The predicted molar refractivity (Wildman–Crippen MR) is 116 cm³/mol. The summed E-state index contributed by atoms with van der Waals surface area (Å²) in [5.41, 5.74) is 7.26. The first-order valence-electron chi connectivity index (χ1n) is 9.96. The molecule has 0 saturated carbocycles. The quantitative estimate of drug-likeness (QED) is 0.366. The minimum Gasteiger partial charge on any atom is -0.481 e. The third-order valence-electron chi connectivity index (χ3n) is 5.82. The Hall–Kier alpha value is -2.36. The van der Waals surface area contributed by atoms with Crippen molar-refractivity contribution in [2.75, 3.05) is 44.2 Å². The molecule has 2 unspecified atom stereocenters. The summed E-state index contributed by atoms with van der Waals surface area (Å²) in [5, 5.41) is 26.1. The molecule has 166 valence electrons. The van der Waals surface area contributed by atoms with Crippen LogP contribution in [-0.4, -0.2) is 83.2 Å². The number of nitrogens with one attached hydrogen (secondary N) is 1. The van der Waals surface area contributed by atoms with Crippen LogP contribution in [0.3, 0.4) is 0 Å². The van der Waals surface area contributed by atoms with Gasteiger partial charge in [-0.05, 0) is 43.0 Å². The van der Waals surface area contributed by atoms with Crippen LogP contribution >= 0.6 is 12.4 Å². The fraction of sp³-hybridized carbons (Fsp3) is 0.550. The standard InChI is InChI=1S/C20H29N5O4.ClH/c21-19(22)14-3-5-16(6-4-14)23-8-10-24(11-9-23)20-15(12-17(26)27)2-1-7-25(20)13-18(28)29;/h3-6,15,20H,1-2,7-13H2,(H3,21,22)(H,26,27)(H,28,29);1H. The van der Waals surface area contributed by atoms with Gasteiger partial charge in [0.25, 0.3) is 0 Å². The van der Waals surface area contributed by atoms with Gasteiger partial charge in [-0.2, -0.15) is 0 Å². The summed E-state index contributed by atoms with van der Waals surface area (Å²) < 4.78 is 0. The van der Waals surface area contributed by atoms with Crippen molar-refractivity contribution in [1.29, 1.82) is 5.41 Å². The third-order valence-corrected chi connectivity index (χ3v) is 5.82. The van der Waals surface area contributed by atoms with E-state index < -0.39 is 11.9 Å². The van der Waals surface area contributed by atoms with Crippen LogP contribution in [0.15, 0.2) is 24.3 Å². The lowest BCUT2D eigenvalue weighted by Gasteiger charge is -2.49. The highest BCUT2D eigenvalue weighted by atomic mass is 35.5. The molecule has 2 aliphatic rings. The summed E-state index contributed by atoms with van der Waals surface area (Å²) in [6.07, 6.45) is 1.54. The van der Waals surface area contributed by atoms with Crippen molar-refractivity contribution in [3.63, 3.8) is 0 Å². The highest BCUT2D eigenvalue weighted by Gasteiger charge is 2.38. The van der Waals surface area contributed by atoms with Crippen LogP contribution < -0.4 is 10.6 Å². The molecule has 0 aromatic heterocycles. The number of aliphatic carboxylic acids is 2. The fourth-order valence-electron chi connectivity index (χ4n) is 4.54. The molecule has 2 aliphatic heterocycles. The smallest absolute Gasteiger partial charge is 0.317 e. The average Bonchev–Trinajstić information content (AvgIpc) is 2.68. The number of nitrogen functional groups attached to an aromatic ring is 1. The molecule has 9 nitrogen and oxygen atoms in total. The number of nitrogens with two attached hydrogens (primary N) is 1. The van der Waals surface area contributed by atoms with Crippen LogP contribution in [0.2, 0.25) is 0 Å². The van der Waals surface area contributed by atoms with Crippen LogP contribution in [0.25, 0.3) is 0 Å². The second-order valence-electron chi connectivity index (χ2n) is 7.76. The van der Waals surface area contributed by atoms with Crippen LogP contribution in [0.5, 0.6) is 0 Å². The summed E-state index contributed by atoms with van der Waals surface area (Å²) in [4.78, 5) is 29.1. The number of carbonyl (C=O) groups is 2. The van der Waals surface area contributed by atoms with E-state index in [2.05, 4.69) is 9.80 Å². The molecule has 30 heavy (non-hydrogen) atoms. The maximum Gasteiger partial charge on any atom is 0.317 e. The zero-order valence-corrected chi connectivity index (χ0v) is 17.7. The van der Waals surface area contributed by atoms with E-state index in [0.29, 0.717) is 12.1 Å². The number of hydrogen-bond donors (Lipinski definition) is 4. The van der Waals surface area contributed by atoms with E-state index in [4.69, 9.17) is 11.1 Å². The molecule has 2 atom stereocenters. The number of rotatable bonds is 7. The lowest BCUT2D eigenvalue weighted by Crippen LogP contribution is -2.61. The van der Waals surface area contributed by atoms with E-state index in [-0.39, 0.29) is 43.3 Å². The van der Waals surface area contributed by atoms with Gasteiger partial charge < -0.3 is 20.8 Å². The Kier molecular flexibility index (Phi) is 8.45. The van der Waals surface area contributed by atoms with E-state index in [1.807, 2.05) is 29.2 Å². The van der Waals surface area contributed by atoms with Gasteiger partial charge in [0.05, 0.1) is 19.1 Å². The van der Waals surface area contributed by atoms with Gasteiger partial charge in [-0.1, -0.05) is 0 Å². The Bertz CT molecular complexity index is 728. The number of hydrogen-bond acceptors (Lipinski definition) is 6. The molecule has 0 radical (unpaired) electrons. The second kappa shape index (κ2) is 10.6. The van der Waals surface area contributed by atoms with Crippen molar-refractivity contribution < 1.29 is 19.8 Å². The zero-order valence-electron chi connectivity index (χ0n) is 16.9. The van der Waals surface area contributed by atoms with Crippen molar-refractivity contribution in [2.45, 2.75) is 25.4 Å². The summed E-state index contributed by atoms with van der Waals surface area (Å²) in [6, 6.07) is 7.58. The summed E-state index contributed by atoms with van der Waals surface area (Å²) in [5.74, 6) is -1.74. The number of amidine groups is 1. The average molecular weight is 440 g/mol. The molecule has 2 fully saturated rings. The summed E-state index contributed by atoms with van der Waals surface area (Å²) in [7, 11) is 0. The van der Waals surface area contributed by atoms with Gasteiger partial charge in [0, 0.05) is 44.0 Å². The van der Waals surface area contributed by atoms with Crippen molar-refractivity contribution in [1.82, 2.24) is 9.80 Å². The lowest BCUT2D eigenvalue weighted by molar-refractivity contribution is -0.144. The molecule has 0 aliphatic carbocycles. The number of carboxylic acids is 2. The number of halogens is 1. The molecule has 0 bridgehead atoms. The molecule has 2 heterocycles. The van der Waals surface area contributed by atoms with Crippen molar-refractivity contribution in [2.24, 2.45) is 11.7 Å². The molecule has 1 aromatic rings. The first-order chi connectivity index (χ1) is 13.8. The van der Waals surface area contributed by atoms with Crippen molar-refractivity contribution in [3.8, 4) is 0 Å². The largest absolute Gasteiger partial charge is 0.481 e. The van der Waals surface area contributed by atoms with Gasteiger partial charge >= 0.3 is 11.9 Å². The van der Waals surface area contributed by atoms with Gasteiger partial charge in [-0.25, -0.2) is 0 Å². The topological polar surface area (TPSA) is 134 Å². The fourth-order valence-corrected chi connectivity index (χ4v) is 4.54. The number of piperazine rings is 1. The summed E-state index contributed by atoms with van der Waals surface area (Å²) >= 11 is 0. The lowest BCUT2D eigenvalue weighted by atomic mass is 9.89. The first kappa shape index (κ1) is 23.9. The van der Waals surface area contributed by atoms with Gasteiger partial charge in [-0.15, -0.1) is 12.4 Å². The van der Waals surface area contributed by atoms with Crippen LogP contribution in [0.4, 0.5) is 5.69 Å². The van der Waals surface area contributed by atoms with Crippen LogP contribution in [0, 0.1) is 11.3 Å². The Morgan fingerprint density at radius 2 is 1.67 bits per heavy atom. The highest BCUT2D eigenvalue weighted by Crippen LogP contribution is 2.30. The molecule has 5 N–H and O–H groups in total. The Morgan fingerprint density at radius 1 is 1.03 bits per heavy atom. The molecular formula is C20H30ClN5O4. The zero-order chi connectivity index (χ0) is 21.0. The van der Waals surface area contributed by atoms with E-state index in [0.717, 1.165) is 44.7 Å². The molecule has 2 saturated heterocycles.